The Morgan fingerprint density at radius 2 is 1.45 bits per heavy atom. The molecule has 0 aliphatic heterocycles. The second-order valence-electron chi connectivity index (χ2n) is 4.59. The maximum atomic E-state index is 11.4. The molecule has 20 heavy (non-hydrogen) atoms. The first-order chi connectivity index (χ1) is 9.52. The Morgan fingerprint density at radius 3 is 1.95 bits per heavy atom. The molecule has 0 N–H and O–H groups in total. The van der Waals surface area contributed by atoms with E-state index in [0.29, 0.717) is 16.7 Å². The van der Waals surface area contributed by atoms with Gasteiger partial charge in [0.2, 0.25) is 0 Å². The van der Waals surface area contributed by atoms with Crippen molar-refractivity contribution in [3.63, 3.8) is 0 Å². The Hall–Kier alpha value is -2.66. The first-order valence-electron chi connectivity index (χ1n) is 6.26. The predicted molar refractivity (Wildman–Crippen MR) is 79.8 cm³/mol. The molecule has 0 radical (unpaired) electrons. The van der Waals surface area contributed by atoms with E-state index in [0.717, 1.165) is 11.1 Å². The van der Waals surface area contributed by atoms with Crippen LogP contribution in [0.3, 0.4) is 0 Å². The lowest BCUT2D eigenvalue weighted by Crippen LogP contribution is -1.95. The van der Waals surface area contributed by atoms with Crippen molar-refractivity contribution < 1.29 is 9.59 Å². The molecule has 98 valence electrons. The highest BCUT2D eigenvalue weighted by molar-refractivity contribution is 5.96. The normalized spacial score (nSPS) is 9.85. The third kappa shape index (κ3) is 2.67. The highest BCUT2D eigenvalue weighted by atomic mass is 16.1. The van der Waals surface area contributed by atoms with Gasteiger partial charge in [0.15, 0.2) is 11.6 Å². The molecule has 0 saturated heterocycles. The molecule has 0 amide bonds. The van der Waals surface area contributed by atoms with Crippen LogP contribution in [0.1, 0.15) is 40.1 Å². The molecule has 0 bridgehead atoms. The minimum absolute atomic E-state index is 0.0139. The van der Waals surface area contributed by atoms with Gasteiger partial charge in [-0.15, -0.1) is 6.42 Å². The van der Waals surface area contributed by atoms with Crippen LogP contribution in [-0.4, -0.2) is 11.6 Å². The Labute approximate surface area is 118 Å². The van der Waals surface area contributed by atoms with Crippen LogP contribution >= 0.6 is 0 Å². The second-order valence-corrected chi connectivity index (χ2v) is 4.59. The molecule has 0 spiro atoms. The topological polar surface area (TPSA) is 34.1 Å². The molecular formula is C18H14O2. The highest BCUT2D eigenvalue weighted by Crippen LogP contribution is 2.25. The molecule has 0 aromatic heterocycles. The SMILES string of the molecule is C#Cc1cc(C(C)=O)ccc1-c1ccc(C(C)=O)cc1. The monoisotopic (exact) mass is 262 g/mol. The van der Waals surface area contributed by atoms with E-state index in [2.05, 4.69) is 5.92 Å². The number of rotatable bonds is 3. The Balaban J connectivity index is 2.50. The summed E-state index contributed by atoms with van der Waals surface area (Å²) in [5, 5.41) is 0. The van der Waals surface area contributed by atoms with E-state index in [1.54, 1.807) is 24.3 Å². The van der Waals surface area contributed by atoms with Gasteiger partial charge in [-0.1, -0.05) is 42.3 Å². The van der Waals surface area contributed by atoms with Gasteiger partial charge in [0.1, 0.15) is 0 Å². The van der Waals surface area contributed by atoms with Crippen LogP contribution < -0.4 is 0 Å². The van der Waals surface area contributed by atoms with E-state index in [4.69, 9.17) is 6.42 Å². The van der Waals surface area contributed by atoms with E-state index in [-0.39, 0.29) is 11.6 Å². The summed E-state index contributed by atoms with van der Waals surface area (Å²) in [6.45, 7) is 3.04. The highest BCUT2D eigenvalue weighted by Gasteiger charge is 2.08. The average Bonchev–Trinajstić information content (AvgIpc) is 2.46. The molecule has 0 unspecified atom stereocenters. The van der Waals surface area contributed by atoms with Gasteiger partial charge >= 0.3 is 0 Å². The van der Waals surface area contributed by atoms with Crippen molar-refractivity contribution in [2.45, 2.75) is 13.8 Å². The smallest absolute Gasteiger partial charge is 0.159 e. The van der Waals surface area contributed by atoms with Gasteiger partial charge in [-0.05, 0) is 31.0 Å². The predicted octanol–water partition coefficient (Wildman–Crippen LogP) is 3.74. The van der Waals surface area contributed by atoms with Crippen molar-refractivity contribution in [3.8, 4) is 23.5 Å². The second kappa shape index (κ2) is 5.54. The lowest BCUT2D eigenvalue weighted by atomic mass is 9.96. The van der Waals surface area contributed by atoms with E-state index in [1.165, 1.54) is 13.8 Å². The number of hydrogen-bond donors (Lipinski definition) is 0. The fourth-order valence-corrected chi connectivity index (χ4v) is 2.02. The zero-order valence-corrected chi connectivity index (χ0v) is 11.4. The summed E-state index contributed by atoms with van der Waals surface area (Å²) < 4.78 is 0. The van der Waals surface area contributed by atoms with Crippen molar-refractivity contribution in [2.75, 3.05) is 0 Å². The van der Waals surface area contributed by atoms with Crippen molar-refractivity contribution in [3.05, 3.63) is 59.2 Å². The Morgan fingerprint density at radius 1 is 0.900 bits per heavy atom. The van der Waals surface area contributed by atoms with E-state index < -0.39 is 0 Å². The van der Waals surface area contributed by atoms with Crippen molar-refractivity contribution in [1.82, 2.24) is 0 Å². The van der Waals surface area contributed by atoms with Crippen LogP contribution in [-0.2, 0) is 0 Å². The van der Waals surface area contributed by atoms with Crippen LogP contribution in [0.25, 0.3) is 11.1 Å². The van der Waals surface area contributed by atoms with Crippen LogP contribution in [0.15, 0.2) is 42.5 Å². The standard InChI is InChI=1S/C18H14O2/c1-4-14-11-17(13(3)20)9-10-18(14)16-7-5-15(6-8-16)12(2)19/h1,5-11H,2-3H3. The lowest BCUT2D eigenvalue weighted by Gasteiger charge is -2.07. The minimum Gasteiger partial charge on any atom is -0.295 e. The fourth-order valence-electron chi connectivity index (χ4n) is 2.02. The van der Waals surface area contributed by atoms with Crippen LogP contribution in [0.5, 0.6) is 0 Å². The van der Waals surface area contributed by atoms with Gasteiger partial charge in [-0.25, -0.2) is 0 Å². The number of ketones is 2. The molecule has 0 atom stereocenters. The van der Waals surface area contributed by atoms with Crippen molar-refractivity contribution in [1.29, 1.82) is 0 Å². The molecule has 2 rings (SSSR count). The van der Waals surface area contributed by atoms with Gasteiger partial charge < -0.3 is 0 Å². The maximum Gasteiger partial charge on any atom is 0.159 e. The summed E-state index contributed by atoms with van der Waals surface area (Å²) in [4.78, 5) is 22.6. The summed E-state index contributed by atoms with van der Waals surface area (Å²) in [7, 11) is 0. The molecule has 0 saturated carbocycles. The van der Waals surface area contributed by atoms with E-state index in [1.807, 2.05) is 18.2 Å². The molecule has 0 fully saturated rings. The Kier molecular flexibility index (Phi) is 3.81. The Bertz CT molecular complexity index is 716. The summed E-state index contributed by atoms with van der Waals surface area (Å²) in [5.74, 6) is 2.62. The van der Waals surface area contributed by atoms with Crippen molar-refractivity contribution in [2.24, 2.45) is 0 Å². The maximum absolute atomic E-state index is 11.4. The minimum atomic E-state index is -0.0139. The molecule has 2 aromatic carbocycles. The zero-order chi connectivity index (χ0) is 14.7. The quantitative estimate of drug-likeness (QED) is 0.623. The molecule has 2 heteroatoms. The van der Waals surface area contributed by atoms with Gasteiger partial charge in [-0.2, -0.15) is 0 Å². The largest absolute Gasteiger partial charge is 0.295 e. The molecule has 0 aliphatic rings. The van der Waals surface area contributed by atoms with Crippen LogP contribution in [0.4, 0.5) is 0 Å². The average molecular weight is 262 g/mol. The van der Waals surface area contributed by atoms with Gasteiger partial charge in [0.05, 0.1) is 0 Å². The van der Waals surface area contributed by atoms with Crippen LogP contribution in [0, 0.1) is 12.3 Å². The molecule has 2 aromatic rings. The summed E-state index contributed by atoms with van der Waals surface area (Å²) in [6, 6.07) is 12.6. The molecular weight excluding hydrogens is 248 g/mol. The number of hydrogen-bond acceptors (Lipinski definition) is 2. The number of benzene rings is 2. The summed E-state index contributed by atoms with van der Waals surface area (Å²) in [5.41, 5.74) is 3.75. The first-order valence-corrected chi connectivity index (χ1v) is 6.26. The van der Waals surface area contributed by atoms with E-state index in [9.17, 15) is 9.59 Å². The van der Waals surface area contributed by atoms with Gasteiger partial charge in [-0.3, -0.25) is 9.59 Å². The number of Topliss-reactive ketones (excluding diaryl/α,β-unsaturated/α-hetero) is 2. The molecule has 0 aliphatic carbocycles. The lowest BCUT2D eigenvalue weighted by molar-refractivity contribution is 0.100. The zero-order valence-electron chi connectivity index (χ0n) is 11.4. The summed E-state index contributed by atoms with van der Waals surface area (Å²) in [6.07, 6.45) is 5.52. The third-order valence-electron chi connectivity index (χ3n) is 3.18. The fraction of sp³-hybridized carbons (Fsp3) is 0.111. The number of terminal acetylenes is 1. The van der Waals surface area contributed by atoms with Gasteiger partial charge in [0, 0.05) is 16.7 Å². The van der Waals surface area contributed by atoms with E-state index >= 15 is 0 Å². The third-order valence-corrected chi connectivity index (χ3v) is 3.18. The summed E-state index contributed by atoms with van der Waals surface area (Å²) >= 11 is 0. The van der Waals surface area contributed by atoms with Crippen molar-refractivity contribution >= 4 is 11.6 Å². The number of carbonyl (C=O) groups is 2. The first kappa shape index (κ1) is 13.8. The molecule has 2 nitrogen and oxygen atoms in total. The van der Waals surface area contributed by atoms with Crippen LogP contribution in [0.2, 0.25) is 0 Å². The van der Waals surface area contributed by atoms with Gasteiger partial charge in [0.25, 0.3) is 0 Å². The number of carbonyl (C=O) groups excluding carboxylic acids is 2. The molecule has 0 heterocycles.